The fourth-order valence-corrected chi connectivity index (χ4v) is 2.85. The predicted octanol–water partition coefficient (Wildman–Crippen LogP) is 4.36. The molecule has 0 aliphatic carbocycles. The van der Waals surface area contributed by atoms with Gasteiger partial charge in [-0.25, -0.2) is 0 Å². The van der Waals surface area contributed by atoms with Crippen LogP contribution in [0.2, 0.25) is 0 Å². The summed E-state index contributed by atoms with van der Waals surface area (Å²) < 4.78 is 10.8. The molecule has 0 aromatic heterocycles. The number of nitriles is 1. The normalized spacial score (nSPS) is 10.8. The van der Waals surface area contributed by atoms with Crippen LogP contribution in [0.25, 0.3) is 6.08 Å². The summed E-state index contributed by atoms with van der Waals surface area (Å²) in [6.45, 7) is 2.35. The first kappa shape index (κ1) is 19.4. The number of hydrogen-bond donors (Lipinski definition) is 1. The van der Waals surface area contributed by atoms with Crippen LogP contribution in [0.5, 0.6) is 11.5 Å². The first-order valence-corrected chi connectivity index (χ1v) is 9.22. The molecule has 0 radical (unpaired) electrons. The molecule has 2 rings (SSSR count). The van der Waals surface area contributed by atoms with Gasteiger partial charge in [0.05, 0.1) is 19.4 Å². The minimum atomic E-state index is -0.493. The Morgan fingerprint density at radius 1 is 1.27 bits per heavy atom. The second kappa shape index (κ2) is 9.54. The van der Waals surface area contributed by atoms with Gasteiger partial charge in [-0.2, -0.15) is 5.26 Å². The zero-order chi connectivity index (χ0) is 18.9. The molecule has 26 heavy (non-hydrogen) atoms. The SMILES string of the molecule is CCOc1ccccc1NC(=O)C(C#N)=Cc1ccc(SC)c(OC)c1. The van der Waals surface area contributed by atoms with E-state index in [0.29, 0.717) is 29.4 Å². The summed E-state index contributed by atoms with van der Waals surface area (Å²) in [5.74, 6) is 0.768. The summed E-state index contributed by atoms with van der Waals surface area (Å²) >= 11 is 1.56. The van der Waals surface area contributed by atoms with Gasteiger partial charge < -0.3 is 14.8 Å². The smallest absolute Gasteiger partial charge is 0.266 e. The number of nitrogens with one attached hydrogen (secondary N) is 1. The second-order valence-corrected chi connectivity index (χ2v) is 6.02. The summed E-state index contributed by atoms with van der Waals surface area (Å²) in [7, 11) is 1.59. The van der Waals surface area contributed by atoms with Gasteiger partial charge in [-0.3, -0.25) is 4.79 Å². The van der Waals surface area contributed by atoms with Gasteiger partial charge in [0, 0.05) is 4.90 Å². The number of nitrogens with zero attached hydrogens (tertiary/aromatic N) is 1. The lowest BCUT2D eigenvalue weighted by atomic mass is 10.1. The Kier molecular flexibility index (Phi) is 7.12. The van der Waals surface area contributed by atoms with Crippen molar-refractivity contribution in [2.75, 3.05) is 25.3 Å². The van der Waals surface area contributed by atoms with Gasteiger partial charge in [-0.05, 0) is 49.1 Å². The van der Waals surface area contributed by atoms with Gasteiger partial charge >= 0.3 is 0 Å². The number of benzene rings is 2. The molecule has 0 bridgehead atoms. The van der Waals surface area contributed by atoms with Crippen molar-refractivity contribution in [1.82, 2.24) is 0 Å². The fraction of sp³-hybridized carbons (Fsp3) is 0.200. The molecular formula is C20H20N2O3S. The molecule has 1 amide bonds. The fourth-order valence-electron chi connectivity index (χ4n) is 2.30. The van der Waals surface area contributed by atoms with E-state index < -0.39 is 5.91 Å². The highest BCUT2D eigenvalue weighted by atomic mass is 32.2. The molecule has 6 heteroatoms. The van der Waals surface area contributed by atoms with Crippen molar-refractivity contribution in [3.05, 3.63) is 53.6 Å². The number of ether oxygens (including phenoxy) is 2. The summed E-state index contributed by atoms with van der Waals surface area (Å²) in [5, 5.41) is 12.1. The molecule has 134 valence electrons. The number of anilines is 1. The van der Waals surface area contributed by atoms with Crippen molar-refractivity contribution in [3.8, 4) is 17.6 Å². The van der Waals surface area contributed by atoms with E-state index in [4.69, 9.17) is 9.47 Å². The van der Waals surface area contributed by atoms with Gasteiger partial charge in [0.2, 0.25) is 0 Å². The van der Waals surface area contributed by atoms with E-state index in [1.54, 1.807) is 43.1 Å². The molecule has 0 aliphatic heterocycles. The molecule has 0 saturated carbocycles. The van der Waals surface area contributed by atoms with Crippen LogP contribution in [0, 0.1) is 11.3 Å². The van der Waals surface area contributed by atoms with Crippen LogP contribution in [0.4, 0.5) is 5.69 Å². The van der Waals surface area contributed by atoms with E-state index in [2.05, 4.69) is 5.32 Å². The molecule has 2 aromatic rings. The Bertz CT molecular complexity index is 856. The molecule has 0 aliphatic rings. The Hall–Kier alpha value is -2.91. The summed E-state index contributed by atoms with van der Waals surface area (Å²) in [6.07, 6.45) is 3.49. The van der Waals surface area contributed by atoms with Gasteiger partial charge in [0.1, 0.15) is 23.1 Å². The zero-order valence-corrected chi connectivity index (χ0v) is 15.7. The van der Waals surface area contributed by atoms with Crippen molar-refractivity contribution >= 4 is 29.4 Å². The summed E-state index contributed by atoms with van der Waals surface area (Å²) in [6, 6.07) is 14.6. The number of thioether (sulfide) groups is 1. The lowest BCUT2D eigenvalue weighted by molar-refractivity contribution is -0.112. The lowest BCUT2D eigenvalue weighted by Crippen LogP contribution is -2.14. The third kappa shape index (κ3) is 4.80. The Morgan fingerprint density at radius 2 is 2.04 bits per heavy atom. The number of methoxy groups -OCH3 is 1. The number of amides is 1. The van der Waals surface area contributed by atoms with Crippen LogP contribution in [-0.4, -0.2) is 25.9 Å². The van der Waals surface area contributed by atoms with Crippen LogP contribution < -0.4 is 14.8 Å². The predicted molar refractivity (Wildman–Crippen MR) is 105 cm³/mol. The number of carbonyl (C=O) groups is 1. The van der Waals surface area contributed by atoms with Gasteiger partial charge in [0.15, 0.2) is 0 Å². The average molecular weight is 368 g/mol. The molecule has 0 spiro atoms. The molecule has 0 fully saturated rings. The Morgan fingerprint density at radius 3 is 2.69 bits per heavy atom. The van der Waals surface area contributed by atoms with Crippen molar-refractivity contribution < 1.29 is 14.3 Å². The maximum absolute atomic E-state index is 12.5. The third-order valence-electron chi connectivity index (χ3n) is 3.52. The topological polar surface area (TPSA) is 71.3 Å². The first-order chi connectivity index (χ1) is 12.6. The molecule has 2 aromatic carbocycles. The molecule has 0 heterocycles. The number of hydrogen-bond acceptors (Lipinski definition) is 5. The van der Waals surface area contributed by atoms with E-state index in [0.717, 1.165) is 4.90 Å². The van der Waals surface area contributed by atoms with Crippen LogP contribution in [0.1, 0.15) is 12.5 Å². The summed E-state index contributed by atoms with van der Waals surface area (Å²) in [4.78, 5) is 13.5. The Balaban J connectivity index is 2.27. The Labute approximate surface area is 157 Å². The van der Waals surface area contributed by atoms with Crippen LogP contribution >= 0.6 is 11.8 Å². The highest BCUT2D eigenvalue weighted by Gasteiger charge is 2.13. The molecule has 0 saturated heterocycles. The minimum absolute atomic E-state index is 0.00439. The van der Waals surface area contributed by atoms with Crippen LogP contribution in [0.15, 0.2) is 52.9 Å². The van der Waals surface area contributed by atoms with Gasteiger partial charge in [-0.1, -0.05) is 18.2 Å². The third-order valence-corrected chi connectivity index (χ3v) is 4.30. The first-order valence-electron chi connectivity index (χ1n) is 8.00. The van der Waals surface area contributed by atoms with Crippen LogP contribution in [-0.2, 0) is 4.79 Å². The highest BCUT2D eigenvalue weighted by molar-refractivity contribution is 7.98. The lowest BCUT2D eigenvalue weighted by Gasteiger charge is -2.11. The quantitative estimate of drug-likeness (QED) is 0.447. The van der Waals surface area contributed by atoms with Crippen LogP contribution in [0.3, 0.4) is 0 Å². The standard InChI is InChI=1S/C20H20N2O3S/c1-4-25-17-8-6-5-7-16(17)22-20(23)15(13-21)11-14-9-10-19(26-3)18(12-14)24-2/h5-12H,4H2,1-3H3,(H,22,23). The van der Waals surface area contributed by atoms with E-state index in [9.17, 15) is 10.1 Å². The average Bonchev–Trinajstić information content (AvgIpc) is 2.67. The monoisotopic (exact) mass is 368 g/mol. The highest BCUT2D eigenvalue weighted by Crippen LogP contribution is 2.29. The van der Waals surface area contributed by atoms with E-state index >= 15 is 0 Å². The molecule has 1 N–H and O–H groups in total. The number of para-hydroxylation sites is 2. The van der Waals surface area contributed by atoms with E-state index in [1.165, 1.54) is 6.08 Å². The van der Waals surface area contributed by atoms with Gasteiger partial charge in [0.25, 0.3) is 5.91 Å². The number of carbonyl (C=O) groups excluding carboxylic acids is 1. The number of rotatable bonds is 7. The molecule has 0 atom stereocenters. The van der Waals surface area contributed by atoms with Crippen molar-refractivity contribution in [1.29, 1.82) is 5.26 Å². The van der Waals surface area contributed by atoms with Gasteiger partial charge in [-0.15, -0.1) is 11.8 Å². The molecule has 5 nitrogen and oxygen atoms in total. The van der Waals surface area contributed by atoms with E-state index in [1.807, 2.05) is 37.4 Å². The minimum Gasteiger partial charge on any atom is -0.496 e. The summed E-state index contributed by atoms with van der Waals surface area (Å²) in [5.41, 5.74) is 1.23. The molecular weight excluding hydrogens is 348 g/mol. The van der Waals surface area contributed by atoms with E-state index in [-0.39, 0.29) is 5.57 Å². The molecule has 0 unspecified atom stereocenters. The van der Waals surface area contributed by atoms with Crippen molar-refractivity contribution in [3.63, 3.8) is 0 Å². The largest absolute Gasteiger partial charge is 0.496 e. The maximum atomic E-state index is 12.5. The maximum Gasteiger partial charge on any atom is 0.266 e. The van der Waals surface area contributed by atoms with Crippen molar-refractivity contribution in [2.24, 2.45) is 0 Å². The zero-order valence-electron chi connectivity index (χ0n) is 14.9. The second-order valence-electron chi connectivity index (χ2n) is 5.17. The van der Waals surface area contributed by atoms with Crippen molar-refractivity contribution in [2.45, 2.75) is 11.8 Å².